The van der Waals surface area contributed by atoms with Gasteiger partial charge in [0, 0.05) is 6.54 Å². The van der Waals surface area contributed by atoms with Crippen LogP contribution in [0.5, 0.6) is 0 Å². The van der Waals surface area contributed by atoms with Gasteiger partial charge in [-0.25, -0.2) is 9.59 Å². The maximum atomic E-state index is 10.8. The predicted molar refractivity (Wildman–Crippen MR) is 48.7 cm³/mol. The largest absolute Gasteiger partial charge is 0.352 e. The molecule has 6 nitrogen and oxygen atoms in total. The molecule has 0 aromatic carbocycles. The number of hydrogen-bond acceptors (Lipinski definition) is 2. The van der Waals surface area contributed by atoms with Crippen molar-refractivity contribution >= 4 is 12.1 Å². The zero-order valence-electron chi connectivity index (χ0n) is 7.49. The summed E-state index contributed by atoms with van der Waals surface area (Å²) in [4.78, 5) is 22.5. The summed E-state index contributed by atoms with van der Waals surface area (Å²) in [5.74, 6) is 0. The summed E-state index contributed by atoms with van der Waals surface area (Å²) < 4.78 is 0. The first kappa shape index (κ1) is 11.3. The van der Waals surface area contributed by atoms with Gasteiger partial charge >= 0.3 is 12.1 Å². The van der Waals surface area contributed by atoms with Crippen LogP contribution in [0, 0.1) is 0 Å². The summed E-state index contributed by atoms with van der Waals surface area (Å²) in [7, 11) is 0. The highest BCUT2D eigenvalue weighted by atomic mass is 16.2. The fourth-order valence-electron chi connectivity index (χ4n) is 0.862. The van der Waals surface area contributed by atoms with Crippen molar-refractivity contribution in [1.29, 1.82) is 0 Å². The molecular formula is C7H14N4O2. The Labute approximate surface area is 76.6 Å². The lowest BCUT2D eigenvalue weighted by Gasteiger charge is -2.26. The first-order chi connectivity index (χ1) is 5.99. The summed E-state index contributed by atoms with van der Waals surface area (Å²) in [5, 5.41) is 2.33. The number of nitrogens with one attached hydrogen (secondary N) is 1. The lowest BCUT2D eigenvalue weighted by molar-refractivity contribution is 0.184. The minimum absolute atomic E-state index is 0.261. The van der Waals surface area contributed by atoms with Gasteiger partial charge in [-0.3, -0.25) is 0 Å². The van der Waals surface area contributed by atoms with Crippen LogP contribution in [0.3, 0.4) is 0 Å². The molecule has 0 aromatic rings. The van der Waals surface area contributed by atoms with Crippen molar-refractivity contribution in [2.24, 2.45) is 11.5 Å². The van der Waals surface area contributed by atoms with Gasteiger partial charge in [0.05, 0.1) is 0 Å². The highest BCUT2D eigenvalue weighted by Gasteiger charge is 2.16. The Morgan fingerprint density at radius 3 is 2.46 bits per heavy atom. The van der Waals surface area contributed by atoms with E-state index < -0.39 is 18.2 Å². The molecule has 6 heteroatoms. The standard InChI is InChI=1S/C7H14N4O2/c1-3-4-11(7(9)13)5(2)10-6(8)12/h3,5H,1,4H2,2H3,(H2,9,13)(H3,8,10,12). The van der Waals surface area contributed by atoms with Gasteiger partial charge < -0.3 is 21.7 Å². The van der Waals surface area contributed by atoms with Gasteiger partial charge in [-0.05, 0) is 6.92 Å². The molecule has 1 atom stereocenters. The quantitative estimate of drug-likeness (QED) is 0.409. The highest BCUT2D eigenvalue weighted by Crippen LogP contribution is 1.94. The third-order valence-electron chi connectivity index (χ3n) is 1.43. The average molecular weight is 186 g/mol. The van der Waals surface area contributed by atoms with E-state index >= 15 is 0 Å². The fourth-order valence-corrected chi connectivity index (χ4v) is 0.862. The molecule has 0 aromatic heterocycles. The minimum Gasteiger partial charge on any atom is -0.352 e. The molecular weight excluding hydrogens is 172 g/mol. The van der Waals surface area contributed by atoms with E-state index in [4.69, 9.17) is 11.5 Å². The number of rotatable bonds is 4. The molecule has 74 valence electrons. The number of primary amides is 2. The van der Waals surface area contributed by atoms with Crippen molar-refractivity contribution in [1.82, 2.24) is 10.2 Å². The van der Waals surface area contributed by atoms with Crippen molar-refractivity contribution in [2.75, 3.05) is 6.54 Å². The van der Waals surface area contributed by atoms with Crippen LogP contribution in [-0.4, -0.2) is 29.7 Å². The number of nitrogens with zero attached hydrogens (tertiary/aromatic N) is 1. The Bertz CT molecular complexity index is 217. The summed E-state index contributed by atoms with van der Waals surface area (Å²) in [6.45, 7) is 5.31. The van der Waals surface area contributed by atoms with Gasteiger partial charge in [0.1, 0.15) is 6.17 Å². The van der Waals surface area contributed by atoms with Crippen LogP contribution >= 0.6 is 0 Å². The van der Waals surface area contributed by atoms with Crippen LogP contribution in [0.1, 0.15) is 6.92 Å². The second kappa shape index (κ2) is 5.02. The summed E-state index contributed by atoms with van der Waals surface area (Å²) in [5.41, 5.74) is 9.92. The van der Waals surface area contributed by atoms with E-state index in [1.807, 2.05) is 0 Å². The smallest absolute Gasteiger partial charge is 0.316 e. The molecule has 13 heavy (non-hydrogen) atoms. The number of amides is 4. The number of hydrogen-bond donors (Lipinski definition) is 3. The van der Waals surface area contributed by atoms with Gasteiger partial charge in [-0.15, -0.1) is 6.58 Å². The first-order valence-corrected chi connectivity index (χ1v) is 3.72. The molecule has 0 fully saturated rings. The maximum absolute atomic E-state index is 10.8. The lowest BCUT2D eigenvalue weighted by atomic mass is 10.4. The maximum Gasteiger partial charge on any atom is 0.316 e. The van der Waals surface area contributed by atoms with Crippen LogP contribution < -0.4 is 16.8 Å². The highest BCUT2D eigenvalue weighted by molar-refractivity contribution is 5.75. The molecule has 0 heterocycles. The third kappa shape index (κ3) is 4.00. The van der Waals surface area contributed by atoms with Gasteiger partial charge in [-0.1, -0.05) is 6.08 Å². The Kier molecular flexibility index (Phi) is 4.36. The zero-order valence-corrected chi connectivity index (χ0v) is 7.49. The molecule has 4 amide bonds. The van der Waals surface area contributed by atoms with E-state index in [1.54, 1.807) is 6.92 Å². The molecule has 0 saturated carbocycles. The second-order valence-corrected chi connectivity index (χ2v) is 2.46. The Hall–Kier alpha value is -1.72. The summed E-state index contributed by atoms with van der Waals surface area (Å²) in [6.07, 6.45) is 0.970. The predicted octanol–water partition coefficient (Wildman–Crippen LogP) is -0.433. The number of carbonyl (C=O) groups excluding carboxylic acids is 2. The summed E-state index contributed by atoms with van der Waals surface area (Å²) >= 11 is 0. The molecule has 0 aliphatic heterocycles. The topological polar surface area (TPSA) is 101 Å². The second-order valence-electron chi connectivity index (χ2n) is 2.46. The van der Waals surface area contributed by atoms with E-state index in [9.17, 15) is 9.59 Å². The molecule has 5 N–H and O–H groups in total. The lowest BCUT2D eigenvalue weighted by Crippen LogP contribution is -2.52. The van der Waals surface area contributed by atoms with Gasteiger partial charge in [-0.2, -0.15) is 0 Å². The van der Waals surface area contributed by atoms with Crippen molar-refractivity contribution < 1.29 is 9.59 Å². The van der Waals surface area contributed by atoms with E-state index in [0.29, 0.717) is 0 Å². The molecule has 0 aliphatic carbocycles. The van der Waals surface area contributed by atoms with E-state index in [2.05, 4.69) is 11.9 Å². The van der Waals surface area contributed by atoms with Crippen LogP contribution in [0.25, 0.3) is 0 Å². The zero-order chi connectivity index (χ0) is 10.4. The van der Waals surface area contributed by atoms with Crippen LogP contribution in [-0.2, 0) is 0 Å². The first-order valence-electron chi connectivity index (χ1n) is 3.72. The normalized spacial score (nSPS) is 11.5. The van der Waals surface area contributed by atoms with Crippen molar-refractivity contribution in [3.63, 3.8) is 0 Å². The SMILES string of the molecule is C=CCN(C(N)=O)C(C)NC(N)=O. The third-order valence-corrected chi connectivity index (χ3v) is 1.43. The van der Waals surface area contributed by atoms with Crippen LogP contribution in [0.15, 0.2) is 12.7 Å². The van der Waals surface area contributed by atoms with Crippen molar-refractivity contribution in [2.45, 2.75) is 13.1 Å². The summed E-state index contributed by atoms with van der Waals surface area (Å²) in [6, 6.07) is -1.34. The van der Waals surface area contributed by atoms with E-state index in [1.165, 1.54) is 11.0 Å². The number of urea groups is 2. The van der Waals surface area contributed by atoms with Crippen LogP contribution in [0.4, 0.5) is 9.59 Å². The monoisotopic (exact) mass is 186 g/mol. The Morgan fingerprint density at radius 1 is 1.62 bits per heavy atom. The number of nitrogens with two attached hydrogens (primary N) is 2. The van der Waals surface area contributed by atoms with E-state index in [0.717, 1.165) is 0 Å². The molecule has 0 rings (SSSR count). The molecule has 0 spiro atoms. The molecule has 1 unspecified atom stereocenters. The van der Waals surface area contributed by atoms with Crippen molar-refractivity contribution in [3.8, 4) is 0 Å². The minimum atomic E-state index is -0.706. The average Bonchev–Trinajstić information content (AvgIpc) is 1.97. The van der Waals surface area contributed by atoms with Crippen LogP contribution in [0.2, 0.25) is 0 Å². The van der Waals surface area contributed by atoms with Gasteiger partial charge in [0.25, 0.3) is 0 Å². The van der Waals surface area contributed by atoms with Crippen molar-refractivity contribution in [3.05, 3.63) is 12.7 Å². The number of carbonyl (C=O) groups is 2. The Balaban J connectivity index is 4.26. The Morgan fingerprint density at radius 2 is 2.15 bits per heavy atom. The fraction of sp³-hybridized carbons (Fsp3) is 0.429. The molecule has 0 aliphatic rings. The molecule has 0 saturated heterocycles. The van der Waals surface area contributed by atoms with Gasteiger partial charge in [0.2, 0.25) is 0 Å². The van der Waals surface area contributed by atoms with E-state index in [-0.39, 0.29) is 6.54 Å². The van der Waals surface area contributed by atoms with Gasteiger partial charge in [0.15, 0.2) is 0 Å². The molecule has 0 bridgehead atoms. The molecule has 0 radical (unpaired) electrons.